The van der Waals surface area contributed by atoms with Gasteiger partial charge in [0.25, 0.3) is 5.91 Å². The first-order valence-corrected chi connectivity index (χ1v) is 8.62. The van der Waals surface area contributed by atoms with Crippen LogP contribution in [0.2, 0.25) is 0 Å². The summed E-state index contributed by atoms with van der Waals surface area (Å²) < 4.78 is 9.74. The van der Waals surface area contributed by atoms with Gasteiger partial charge in [-0.25, -0.2) is 9.59 Å². The van der Waals surface area contributed by atoms with Crippen LogP contribution in [0.25, 0.3) is 0 Å². The number of amides is 2. The third kappa shape index (κ3) is 6.40. The summed E-state index contributed by atoms with van der Waals surface area (Å²) in [4.78, 5) is 47.6. The predicted octanol–water partition coefficient (Wildman–Crippen LogP) is 1.81. The van der Waals surface area contributed by atoms with Gasteiger partial charge in [0.1, 0.15) is 6.04 Å². The van der Waals surface area contributed by atoms with E-state index >= 15 is 0 Å². The Bertz CT molecular complexity index is 716. The summed E-state index contributed by atoms with van der Waals surface area (Å²) in [5.41, 5.74) is 1.17. The van der Waals surface area contributed by atoms with E-state index < -0.39 is 30.5 Å². The van der Waals surface area contributed by atoms with Crippen LogP contribution in [0.15, 0.2) is 18.2 Å². The van der Waals surface area contributed by atoms with E-state index in [-0.39, 0.29) is 17.4 Å². The number of anilines is 1. The molecule has 2 unspecified atom stereocenters. The second-order valence-electron chi connectivity index (χ2n) is 6.21. The van der Waals surface area contributed by atoms with Gasteiger partial charge in [-0.2, -0.15) is 0 Å². The van der Waals surface area contributed by atoms with E-state index in [1.54, 1.807) is 26.0 Å². The molecule has 0 fully saturated rings. The maximum atomic E-state index is 12.3. The zero-order valence-electron chi connectivity index (χ0n) is 16.3. The highest BCUT2D eigenvalue weighted by atomic mass is 16.5. The molecule has 2 atom stereocenters. The summed E-state index contributed by atoms with van der Waals surface area (Å²) in [6.45, 7) is 6.20. The third-order valence-electron chi connectivity index (χ3n) is 4.11. The fourth-order valence-corrected chi connectivity index (χ4v) is 2.40. The van der Waals surface area contributed by atoms with E-state index in [4.69, 9.17) is 9.47 Å². The quantitative estimate of drug-likeness (QED) is 0.668. The largest absolute Gasteiger partial charge is 0.467 e. The van der Waals surface area contributed by atoms with Crippen molar-refractivity contribution in [2.75, 3.05) is 19.0 Å². The number of para-hydroxylation sites is 1. The smallest absolute Gasteiger partial charge is 0.340 e. The molecule has 8 nitrogen and oxygen atoms in total. The van der Waals surface area contributed by atoms with E-state index in [1.807, 2.05) is 6.92 Å². The van der Waals surface area contributed by atoms with Crippen molar-refractivity contribution >= 4 is 29.4 Å². The highest BCUT2D eigenvalue weighted by Gasteiger charge is 2.27. The molecule has 148 valence electrons. The number of esters is 2. The highest BCUT2D eigenvalue weighted by molar-refractivity contribution is 6.02. The molecular weight excluding hydrogens is 352 g/mol. The lowest BCUT2D eigenvalue weighted by atomic mass is 9.99. The summed E-state index contributed by atoms with van der Waals surface area (Å²) in [5.74, 6) is -2.40. The Morgan fingerprint density at radius 2 is 1.85 bits per heavy atom. The first kappa shape index (κ1) is 22.1. The highest BCUT2D eigenvalue weighted by Crippen LogP contribution is 2.21. The molecule has 0 aromatic heterocycles. The summed E-state index contributed by atoms with van der Waals surface area (Å²) in [7, 11) is 1.24. The van der Waals surface area contributed by atoms with Crippen LogP contribution in [0.5, 0.6) is 0 Å². The zero-order chi connectivity index (χ0) is 20.6. The third-order valence-corrected chi connectivity index (χ3v) is 4.11. The second-order valence-corrected chi connectivity index (χ2v) is 6.21. The standard InChI is InChI=1S/C19H26N2O6/c1-6-11(2)17(19(25)26-5)21-15(23)10-27-18(24)14-9-7-8-12(3)16(14)20-13(4)22/h7-9,11,17H,6,10H2,1-5H3,(H,20,22)(H,21,23). The molecule has 0 bridgehead atoms. The minimum absolute atomic E-state index is 0.139. The average molecular weight is 378 g/mol. The van der Waals surface area contributed by atoms with Gasteiger partial charge in [-0.15, -0.1) is 0 Å². The Labute approximate surface area is 158 Å². The number of ether oxygens (including phenoxy) is 2. The van der Waals surface area contributed by atoms with Gasteiger partial charge >= 0.3 is 11.9 Å². The summed E-state index contributed by atoms with van der Waals surface area (Å²) in [6.07, 6.45) is 0.656. The molecule has 0 saturated heterocycles. The number of aryl methyl sites for hydroxylation is 1. The van der Waals surface area contributed by atoms with Gasteiger partial charge in [-0.05, 0) is 24.5 Å². The lowest BCUT2D eigenvalue weighted by Crippen LogP contribution is -2.47. The van der Waals surface area contributed by atoms with Gasteiger partial charge in [0, 0.05) is 6.92 Å². The Kier molecular flexibility index (Phi) is 8.44. The van der Waals surface area contributed by atoms with Crippen molar-refractivity contribution in [2.45, 2.75) is 40.2 Å². The van der Waals surface area contributed by atoms with Crippen molar-refractivity contribution in [2.24, 2.45) is 5.92 Å². The number of benzene rings is 1. The van der Waals surface area contributed by atoms with E-state index in [1.165, 1.54) is 20.1 Å². The fourth-order valence-electron chi connectivity index (χ4n) is 2.40. The molecule has 0 spiro atoms. The summed E-state index contributed by atoms with van der Waals surface area (Å²) >= 11 is 0. The van der Waals surface area contributed by atoms with Crippen LogP contribution in [0, 0.1) is 12.8 Å². The van der Waals surface area contributed by atoms with Gasteiger partial charge in [0.05, 0.1) is 18.4 Å². The van der Waals surface area contributed by atoms with Crippen molar-refractivity contribution in [3.05, 3.63) is 29.3 Å². The minimum atomic E-state index is -0.819. The molecule has 2 N–H and O–H groups in total. The molecule has 8 heteroatoms. The van der Waals surface area contributed by atoms with Crippen LogP contribution in [-0.2, 0) is 23.9 Å². The Hall–Kier alpha value is -2.90. The maximum Gasteiger partial charge on any atom is 0.340 e. The number of methoxy groups -OCH3 is 1. The first-order valence-electron chi connectivity index (χ1n) is 8.62. The molecule has 0 aliphatic heterocycles. The van der Waals surface area contributed by atoms with Crippen molar-refractivity contribution < 1.29 is 28.7 Å². The van der Waals surface area contributed by atoms with Gasteiger partial charge in [-0.3, -0.25) is 9.59 Å². The topological polar surface area (TPSA) is 111 Å². The Balaban J connectivity index is 2.79. The van der Waals surface area contributed by atoms with Crippen LogP contribution in [0.1, 0.15) is 43.1 Å². The number of nitrogens with one attached hydrogen (secondary N) is 2. The van der Waals surface area contributed by atoms with Crippen molar-refractivity contribution in [1.29, 1.82) is 0 Å². The van der Waals surface area contributed by atoms with E-state index in [0.29, 0.717) is 17.7 Å². The fraction of sp³-hybridized carbons (Fsp3) is 0.474. The maximum absolute atomic E-state index is 12.3. The van der Waals surface area contributed by atoms with Gasteiger partial charge in [0.2, 0.25) is 5.91 Å². The lowest BCUT2D eigenvalue weighted by Gasteiger charge is -2.21. The van der Waals surface area contributed by atoms with Crippen molar-refractivity contribution in [3.63, 3.8) is 0 Å². The van der Waals surface area contributed by atoms with Gasteiger partial charge in [0.15, 0.2) is 6.61 Å². The molecular formula is C19H26N2O6. The number of carbonyl (C=O) groups excluding carboxylic acids is 4. The molecule has 27 heavy (non-hydrogen) atoms. The monoisotopic (exact) mass is 378 g/mol. The molecule has 2 amide bonds. The summed E-state index contributed by atoms with van der Waals surface area (Å²) in [6, 6.07) is 4.06. The number of carbonyl (C=O) groups is 4. The normalized spacial score (nSPS) is 12.5. The van der Waals surface area contributed by atoms with Crippen LogP contribution in [0.3, 0.4) is 0 Å². The molecule has 1 aromatic carbocycles. The molecule has 0 radical (unpaired) electrons. The SMILES string of the molecule is CCC(C)C(NC(=O)COC(=O)c1cccc(C)c1NC(C)=O)C(=O)OC. The molecule has 1 aromatic rings. The number of hydrogen-bond donors (Lipinski definition) is 2. The van der Waals surface area contributed by atoms with E-state index in [0.717, 1.165) is 0 Å². The molecule has 0 aliphatic carbocycles. The number of hydrogen-bond acceptors (Lipinski definition) is 6. The van der Waals surface area contributed by atoms with Crippen LogP contribution in [0.4, 0.5) is 5.69 Å². The predicted molar refractivity (Wildman–Crippen MR) is 99.2 cm³/mol. The Morgan fingerprint density at radius 3 is 2.41 bits per heavy atom. The molecule has 0 aliphatic rings. The van der Waals surface area contributed by atoms with Crippen molar-refractivity contribution in [1.82, 2.24) is 5.32 Å². The molecule has 0 saturated carbocycles. The number of rotatable bonds is 8. The first-order chi connectivity index (χ1) is 12.7. The van der Waals surface area contributed by atoms with E-state index in [9.17, 15) is 19.2 Å². The second kappa shape index (κ2) is 10.3. The van der Waals surface area contributed by atoms with Crippen LogP contribution in [-0.4, -0.2) is 43.5 Å². The lowest BCUT2D eigenvalue weighted by molar-refractivity contribution is -0.147. The zero-order valence-corrected chi connectivity index (χ0v) is 16.3. The Morgan fingerprint density at radius 1 is 1.19 bits per heavy atom. The van der Waals surface area contributed by atoms with Crippen LogP contribution >= 0.6 is 0 Å². The van der Waals surface area contributed by atoms with Crippen LogP contribution < -0.4 is 10.6 Å². The van der Waals surface area contributed by atoms with E-state index in [2.05, 4.69) is 10.6 Å². The molecule has 1 rings (SSSR count). The van der Waals surface area contributed by atoms with Crippen molar-refractivity contribution in [3.8, 4) is 0 Å². The molecule has 0 heterocycles. The van der Waals surface area contributed by atoms with Gasteiger partial charge < -0.3 is 20.1 Å². The average Bonchev–Trinajstić information content (AvgIpc) is 2.64. The van der Waals surface area contributed by atoms with Gasteiger partial charge in [-0.1, -0.05) is 32.4 Å². The minimum Gasteiger partial charge on any atom is -0.467 e. The summed E-state index contributed by atoms with van der Waals surface area (Å²) in [5, 5.41) is 5.11.